The molecule has 0 radical (unpaired) electrons. The predicted molar refractivity (Wildman–Crippen MR) is 87.1 cm³/mol. The van der Waals surface area contributed by atoms with Crippen LogP contribution in [0, 0.1) is 0 Å². The van der Waals surface area contributed by atoms with Crippen molar-refractivity contribution in [2.24, 2.45) is 0 Å². The molecule has 0 saturated heterocycles. The summed E-state index contributed by atoms with van der Waals surface area (Å²) in [6.45, 7) is 0. The molecule has 0 fully saturated rings. The largest absolute Gasteiger partial charge is 0.298 e. The third kappa shape index (κ3) is 2.77. The van der Waals surface area contributed by atoms with Crippen molar-refractivity contribution >= 4 is 33.8 Å². The molecular weight excluding hydrogens is 352 g/mol. The fourth-order valence-corrected chi connectivity index (χ4v) is 2.55. The molecule has 0 aliphatic heterocycles. The molecule has 104 valence electrons. The smallest absolute Gasteiger partial charge is 0.153 e. The molecule has 21 heavy (non-hydrogen) atoms. The molecule has 3 rings (SSSR count). The highest BCUT2D eigenvalue weighted by Gasteiger charge is 2.12. The van der Waals surface area contributed by atoms with Gasteiger partial charge in [-0.15, -0.1) is 0 Å². The van der Waals surface area contributed by atoms with E-state index in [1.165, 1.54) is 0 Å². The molecule has 2 aromatic carbocycles. The summed E-state index contributed by atoms with van der Waals surface area (Å²) in [6, 6.07) is 15.0. The van der Waals surface area contributed by atoms with Gasteiger partial charge in [0.1, 0.15) is 5.69 Å². The van der Waals surface area contributed by atoms with Crippen LogP contribution in [0.2, 0.25) is 5.02 Å². The minimum Gasteiger partial charge on any atom is -0.298 e. The van der Waals surface area contributed by atoms with Crippen LogP contribution < -0.4 is 0 Å². The lowest BCUT2D eigenvalue weighted by atomic mass is 10.1. The Balaban J connectivity index is 2.13. The van der Waals surface area contributed by atoms with Crippen LogP contribution in [0.25, 0.3) is 16.9 Å². The Hall–Kier alpha value is -1.91. The van der Waals surface area contributed by atoms with E-state index in [0.29, 0.717) is 16.3 Å². The number of carbonyl (C=O) groups is 1. The molecule has 1 aromatic heterocycles. The molecule has 0 spiro atoms. The molecule has 0 amide bonds. The first kappa shape index (κ1) is 14.0. The summed E-state index contributed by atoms with van der Waals surface area (Å²) >= 11 is 9.57. The summed E-state index contributed by atoms with van der Waals surface area (Å²) in [4.78, 5) is 11.3. The van der Waals surface area contributed by atoms with E-state index in [1.54, 1.807) is 16.9 Å². The molecular formula is C16H10BrClN2O. The van der Waals surface area contributed by atoms with Crippen molar-refractivity contribution in [3.05, 3.63) is 69.8 Å². The van der Waals surface area contributed by atoms with E-state index in [2.05, 4.69) is 21.0 Å². The predicted octanol–water partition coefficient (Wildman–Crippen LogP) is 4.77. The van der Waals surface area contributed by atoms with Crippen LogP contribution in [0.1, 0.15) is 10.4 Å². The Bertz CT molecular complexity index is 796. The van der Waals surface area contributed by atoms with Crippen molar-refractivity contribution in [2.45, 2.75) is 0 Å². The van der Waals surface area contributed by atoms with Gasteiger partial charge in [0.15, 0.2) is 6.29 Å². The van der Waals surface area contributed by atoms with Crippen molar-refractivity contribution in [3.8, 4) is 16.9 Å². The lowest BCUT2D eigenvalue weighted by Crippen LogP contribution is -1.95. The maximum Gasteiger partial charge on any atom is 0.153 e. The number of carbonyl (C=O) groups excluding carboxylic acids is 1. The van der Waals surface area contributed by atoms with Gasteiger partial charge in [0, 0.05) is 16.2 Å². The van der Waals surface area contributed by atoms with E-state index in [0.717, 1.165) is 22.0 Å². The maximum atomic E-state index is 11.3. The third-order valence-corrected chi connectivity index (χ3v) is 3.93. The van der Waals surface area contributed by atoms with Gasteiger partial charge in [-0.2, -0.15) is 5.10 Å². The zero-order valence-corrected chi connectivity index (χ0v) is 13.2. The van der Waals surface area contributed by atoms with Gasteiger partial charge >= 0.3 is 0 Å². The summed E-state index contributed by atoms with van der Waals surface area (Å²) < 4.78 is 2.60. The van der Waals surface area contributed by atoms with E-state index in [9.17, 15) is 4.79 Å². The Morgan fingerprint density at radius 1 is 1.10 bits per heavy atom. The topological polar surface area (TPSA) is 34.9 Å². The molecule has 0 N–H and O–H groups in total. The van der Waals surface area contributed by atoms with Crippen molar-refractivity contribution in [3.63, 3.8) is 0 Å². The van der Waals surface area contributed by atoms with Crippen LogP contribution in [0.15, 0.2) is 59.2 Å². The first-order valence-electron chi connectivity index (χ1n) is 6.25. The first-order valence-corrected chi connectivity index (χ1v) is 7.42. The molecule has 3 nitrogen and oxygen atoms in total. The number of rotatable bonds is 3. The van der Waals surface area contributed by atoms with Gasteiger partial charge in [0.05, 0.1) is 16.3 Å². The average molecular weight is 362 g/mol. The van der Waals surface area contributed by atoms with Crippen LogP contribution >= 0.6 is 27.5 Å². The van der Waals surface area contributed by atoms with Gasteiger partial charge < -0.3 is 0 Å². The van der Waals surface area contributed by atoms with E-state index in [-0.39, 0.29) is 0 Å². The number of para-hydroxylation sites is 1. The van der Waals surface area contributed by atoms with E-state index in [4.69, 9.17) is 11.6 Å². The molecule has 0 atom stereocenters. The first-order chi connectivity index (χ1) is 10.2. The second-order valence-corrected chi connectivity index (χ2v) is 5.78. The van der Waals surface area contributed by atoms with Gasteiger partial charge in [-0.1, -0.05) is 51.8 Å². The number of nitrogens with zero attached hydrogens (tertiary/aromatic N) is 2. The van der Waals surface area contributed by atoms with Gasteiger partial charge in [-0.25, -0.2) is 4.68 Å². The number of hydrogen-bond donors (Lipinski definition) is 0. The normalized spacial score (nSPS) is 10.6. The monoisotopic (exact) mass is 360 g/mol. The minimum absolute atomic E-state index is 0.525. The highest BCUT2D eigenvalue weighted by Crippen LogP contribution is 2.26. The molecule has 0 saturated carbocycles. The number of halogens is 2. The van der Waals surface area contributed by atoms with Crippen LogP contribution in [-0.2, 0) is 0 Å². The van der Waals surface area contributed by atoms with Crippen molar-refractivity contribution < 1.29 is 4.79 Å². The van der Waals surface area contributed by atoms with Gasteiger partial charge in [-0.05, 0) is 24.3 Å². The highest BCUT2D eigenvalue weighted by molar-refractivity contribution is 9.10. The lowest BCUT2D eigenvalue weighted by Gasteiger charge is -2.03. The van der Waals surface area contributed by atoms with Crippen molar-refractivity contribution in [1.29, 1.82) is 0 Å². The Kier molecular flexibility index (Phi) is 3.90. The number of aldehydes is 1. The van der Waals surface area contributed by atoms with Gasteiger partial charge in [0.2, 0.25) is 0 Å². The fraction of sp³-hybridized carbons (Fsp3) is 0. The second kappa shape index (κ2) is 5.84. The molecule has 1 heterocycles. The number of benzene rings is 2. The highest BCUT2D eigenvalue weighted by atomic mass is 79.9. The fourth-order valence-electron chi connectivity index (χ4n) is 2.07. The quantitative estimate of drug-likeness (QED) is 0.630. The summed E-state index contributed by atoms with van der Waals surface area (Å²) in [5.41, 5.74) is 2.78. The van der Waals surface area contributed by atoms with Gasteiger partial charge in [-0.3, -0.25) is 4.79 Å². The molecule has 3 aromatic rings. The SMILES string of the molecule is O=Cc1cn(-c2ccccc2Cl)nc1-c1ccc(Br)cc1. The summed E-state index contributed by atoms with van der Waals surface area (Å²) in [6.07, 6.45) is 2.49. The van der Waals surface area contributed by atoms with Crippen LogP contribution in [0.4, 0.5) is 0 Å². The Labute approximate surface area is 135 Å². The lowest BCUT2D eigenvalue weighted by molar-refractivity contribution is 0.112. The molecule has 5 heteroatoms. The van der Waals surface area contributed by atoms with E-state index < -0.39 is 0 Å². The summed E-state index contributed by atoms with van der Waals surface area (Å²) in [5.74, 6) is 0. The van der Waals surface area contributed by atoms with Crippen LogP contribution in [0.5, 0.6) is 0 Å². The molecule has 0 unspecified atom stereocenters. The minimum atomic E-state index is 0.525. The Morgan fingerprint density at radius 3 is 2.48 bits per heavy atom. The van der Waals surface area contributed by atoms with E-state index >= 15 is 0 Å². The molecule has 0 aliphatic carbocycles. The standard InChI is InChI=1S/C16H10BrClN2O/c17-13-7-5-11(6-8-13)16-12(10-21)9-20(19-16)15-4-2-1-3-14(15)18/h1-10H. The van der Waals surface area contributed by atoms with E-state index in [1.807, 2.05) is 42.5 Å². The van der Waals surface area contributed by atoms with Crippen molar-refractivity contribution in [2.75, 3.05) is 0 Å². The number of hydrogen-bond acceptors (Lipinski definition) is 2. The summed E-state index contributed by atoms with van der Waals surface area (Å²) in [7, 11) is 0. The number of aromatic nitrogens is 2. The Morgan fingerprint density at radius 2 is 1.81 bits per heavy atom. The van der Waals surface area contributed by atoms with Crippen LogP contribution in [0.3, 0.4) is 0 Å². The second-order valence-electron chi connectivity index (χ2n) is 4.45. The zero-order chi connectivity index (χ0) is 14.8. The maximum absolute atomic E-state index is 11.3. The molecule has 0 bridgehead atoms. The zero-order valence-electron chi connectivity index (χ0n) is 10.8. The summed E-state index contributed by atoms with van der Waals surface area (Å²) in [5, 5.41) is 5.08. The third-order valence-electron chi connectivity index (χ3n) is 3.09. The average Bonchev–Trinajstić information content (AvgIpc) is 2.92. The molecule has 0 aliphatic rings. The van der Waals surface area contributed by atoms with Crippen molar-refractivity contribution in [1.82, 2.24) is 9.78 Å². The van der Waals surface area contributed by atoms with Crippen LogP contribution in [-0.4, -0.2) is 16.1 Å². The van der Waals surface area contributed by atoms with Gasteiger partial charge in [0.25, 0.3) is 0 Å².